The van der Waals surface area contributed by atoms with Crippen LogP contribution in [0.2, 0.25) is 0 Å². The second-order valence-corrected chi connectivity index (χ2v) is 4.53. The van der Waals surface area contributed by atoms with E-state index in [-0.39, 0.29) is 18.1 Å². The normalized spacial score (nSPS) is 10.1. The van der Waals surface area contributed by atoms with Gasteiger partial charge in [0.1, 0.15) is 5.82 Å². The minimum absolute atomic E-state index is 0.188. The molecule has 92 valence electrons. The summed E-state index contributed by atoms with van der Waals surface area (Å²) < 4.78 is 13.3. The number of nitrogens with one attached hydrogen (secondary N) is 1. The van der Waals surface area contributed by atoms with Crippen molar-refractivity contribution in [3.63, 3.8) is 0 Å². The molecule has 5 heteroatoms. The van der Waals surface area contributed by atoms with Crippen molar-refractivity contribution in [1.82, 2.24) is 4.98 Å². The largest absolute Gasteiger partial charge is 0.326 e. The SMILES string of the molecule is O=C(Cc1ccccn1)Nc1ccc(F)c(Br)c1. The maximum atomic E-state index is 13.0. The van der Waals surface area contributed by atoms with Gasteiger partial charge in [-0.25, -0.2) is 4.39 Å². The lowest BCUT2D eigenvalue weighted by atomic mass is 10.2. The summed E-state index contributed by atoms with van der Waals surface area (Å²) >= 11 is 3.06. The van der Waals surface area contributed by atoms with Crippen LogP contribution in [0.5, 0.6) is 0 Å². The van der Waals surface area contributed by atoms with E-state index in [1.54, 1.807) is 18.3 Å². The number of anilines is 1. The zero-order chi connectivity index (χ0) is 13.0. The minimum Gasteiger partial charge on any atom is -0.326 e. The molecule has 1 N–H and O–H groups in total. The van der Waals surface area contributed by atoms with Gasteiger partial charge in [-0.1, -0.05) is 6.07 Å². The van der Waals surface area contributed by atoms with Gasteiger partial charge in [-0.2, -0.15) is 0 Å². The maximum absolute atomic E-state index is 13.0. The molecule has 0 unspecified atom stereocenters. The lowest BCUT2D eigenvalue weighted by Crippen LogP contribution is -2.15. The van der Waals surface area contributed by atoms with Crippen molar-refractivity contribution in [3.05, 3.63) is 58.6 Å². The third kappa shape index (κ3) is 3.37. The van der Waals surface area contributed by atoms with Crippen LogP contribution < -0.4 is 5.32 Å². The molecule has 0 radical (unpaired) electrons. The van der Waals surface area contributed by atoms with Gasteiger partial charge < -0.3 is 5.32 Å². The highest BCUT2D eigenvalue weighted by Gasteiger charge is 2.06. The second-order valence-electron chi connectivity index (χ2n) is 3.67. The summed E-state index contributed by atoms with van der Waals surface area (Å²) in [6.07, 6.45) is 1.83. The summed E-state index contributed by atoms with van der Waals surface area (Å²) in [4.78, 5) is 15.8. The predicted molar refractivity (Wildman–Crippen MR) is 70.7 cm³/mol. The molecule has 1 aromatic heterocycles. The molecular weight excluding hydrogens is 299 g/mol. The van der Waals surface area contributed by atoms with Gasteiger partial charge >= 0.3 is 0 Å². The topological polar surface area (TPSA) is 42.0 Å². The molecule has 0 aliphatic rings. The number of pyridine rings is 1. The number of benzene rings is 1. The molecule has 2 aromatic rings. The van der Waals surface area contributed by atoms with E-state index in [0.717, 1.165) is 0 Å². The third-order valence-electron chi connectivity index (χ3n) is 2.27. The molecule has 18 heavy (non-hydrogen) atoms. The van der Waals surface area contributed by atoms with Crippen molar-refractivity contribution in [3.8, 4) is 0 Å². The van der Waals surface area contributed by atoms with E-state index in [1.165, 1.54) is 18.2 Å². The molecule has 0 spiro atoms. The number of amides is 1. The van der Waals surface area contributed by atoms with Crippen LogP contribution in [-0.4, -0.2) is 10.9 Å². The van der Waals surface area contributed by atoms with Crippen LogP contribution >= 0.6 is 15.9 Å². The van der Waals surface area contributed by atoms with Crippen molar-refractivity contribution >= 4 is 27.5 Å². The number of carbonyl (C=O) groups is 1. The van der Waals surface area contributed by atoms with Gasteiger partial charge in [0.25, 0.3) is 0 Å². The van der Waals surface area contributed by atoms with E-state index in [4.69, 9.17) is 0 Å². The fraction of sp³-hybridized carbons (Fsp3) is 0.0769. The Labute approximate surface area is 112 Å². The zero-order valence-corrected chi connectivity index (χ0v) is 10.9. The molecule has 0 aliphatic carbocycles. The van der Waals surface area contributed by atoms with E-state index in [0.29, 0.717) is 15.9 Å². The molecule has 1 heterocycles. The van der Waals surface area contributed by atoms with Gasteiger partial charge in [-0.3, -0.25) is 9.78 Å². The summed E-state index contributed by atoms with van der Waals surface area (Å²) in [5, 5.41) is 2.68. The first kappa shape index (κ1) is 12.7. The number of aromatic nitrogens is 1. The van der Waals surface area contributed by atoms with Crippen LogP contribution in [0.4, 0.5) is 10.1 Å². The molecule has 1 amide bonds. The standard InChI is InChI=1S/C13H10BrFN2O/c14-11-7-10(4-5-12(11)15)17-13(18)8-9-3-1-2-6-16-9/h1-7H,8H2,(H,17,18). The summed E-state index contributed by atoms with van der Waals surface area (Å²) in [6.45, 7) is 0. The first-order valence-electron chi connectivity index (χ1n) is 5.30. The summed E-state index contributed by atoms with van der Waals surface area (Å²) in [7, 11) is 0. The van der Waals surface area contributed by atoms with Crippen molar-refractivity contribution in [2.75, 3.05) is 5.32 Å². The fourth-order valence-corrected chi connectivity index (χ4v) is 1.83. The average molecular weight is 309 g/mol. The number of nitrogens with zero attached hydrogens (tertiary/aromatic N) is 1. The van der Waals surface area contributed by atoms with Crippen LogP contribution in [-0.2, 0) is 11.2 Å². The third-order valence-corrected chi connectivity index (χ3v) is 2.88. The van der Waals surface area contributed by atoms with Crippen LogP contribution in [0.1, 0.15) is 5.69 Å². The van der Waals surface area contributed by atoms with Gasteiger partial charge in [-0.15, -0.1) is 0 Å². The Bertz CT molecular complexity index is 560. The summed E-state index contributed by atoms with van der Waals surface area (Å²) in [5.74, 6) is -0.551. The molecule has 0 fully saturated rings. The molecule has 0 saturated heterocycles. The first-order valence-corrected chi connectivity index (χ1v) is 6.09. The molecule has 0 saturated carbocycles. The monoisotopic (exact) mass is 308 g/mol. The lowest BCUT2D eigenvalue weighted by molar-refractivity contribution is -0.115. The molecule has 0 atom stereocenters. The molecular formula is C13H10BrFN2O. The number of hydrogen-bond donors (Lipinski definition) is 1. The summed E-state index contributed by atoms with van der Waals surface area (Å²) in [5.41, 5.74) is 1.24. The highest BCUT2D eigenvalue weighted by atomic mass is 79.9. The smallest absolute Gasteiger partial charge is 0.230 e. The van der Waals surface area contributed by atoms with Crippen LogP contribution in [0.3, 0.4) is 0 Å². The lowest BCUT2D eigenvalue weighted by Gasteiger charge is -2.05. The van der Waals surface area contributed by atoms with E-state index in [2.05, 4.69) is 26.2 Å². The van der Waals surface area contributed by atoms with Crippen molar-refractivity contribution < 1.29 is 9.18 Å². The fourth-order valence-electron chi connectivity index (χ4n) is 1.45. The van der Waals surface area contributed by atoms with E-state index >= 15 is 0 Å². The van der Waals surface area contributed by atoms with E-state index in [9.17, 15) is 9.18 Å². The van der Waals surface area contributed by atoms with Crippen molar-refractivity contribution in [2.45, 2.75) is 6.42 Å². The molecule has 1 aromatic carbocycles. The molecule has 2 rings (SSSR count). The van der Waals surface area contributed by atoms with Crippen molar-refractivity contribution in [2.24, 2.45) is 0 Å². The minimum atomic E-state index is -0.363. The second kappa shape index (κ2) is 5.73. The van der Waals surface area contributed by atoms with Crippen LogP contribution in [0.15, 0.2) is 47.1 Å². The Morgan fingerprint density at radius 2 is 2.17 bits per heavy atom. The van der Waals surface area contributed by atoms with Crippen LogP contribution in [0.25, 0.3) is 0 Å². The van der Waals surface area contributed by atoms with Crippen molar-refractivity contribution in [1.29, 1.82) is 0 Å². The Morgan fingerprint density at radius 1 is 1.33 bits per heavy atom. The number of rotatable bonds is 3. The Kier molecular flexibility index (Phi) is 4.04. The zero-order valence-electron chi connectivity index (χ0n) is 9.36. The van der Waals surface area contributed by atoms with E-state index < -0.39 is 0 Å². The van der Waals surface area contributed by atoms with Gasteiger partial charge in [0, 0.05) is 17.6 Å². The predicted octanol–water partition coefficient (Wildman–Crippen LogP) is 3.16. The number of carbonyl (C=O) groups excluding carboxylic acids is 1. The number of halogens is 2. The van der Waals surface area contributed by atoms with Gasteiger partial charge in [0.2, 0.25) is 5.91 Å². The Balaban J connectivity index is 2.01. The number of hydrogen-bond acceptors (Lipinski definition) is 2. The highest BCUT2D eigenvalue weighted by Crippen LogP contribution is 2.20. The first-order chi connectivity index (χ1) is 8.65. The average Bonchev–Trinajstić information content (AvgIpc) is 2.35. The maximum Gasteiger partial charge on any atom is 0.230 e. The Hall–Kier alpha value is -1.75. The highest BCUT2D eigenvalue weighted by molar-refractivity contribution is 9.10. The quantitative estimate of drug-likeness (QED) is 0.946. The van der Waals surface area contributed by atoms with Gasteiger partial charge in [0.05, 0.1) is 10.9 Å². The molecule has 0 aliphatic heterocycles. The van der Waals surface area contributed by atoms with E-state index in [1.807, 2.05) is 6.07 Å². The Morgan fingerprint density at radius 3 is 2.83 bits per heavy atom. The van der Waals surface area contributed by atoms with Gasteiger partial charge in [0.15, 0.2) is 0 Å². The molecule has 3 nitrogen and oxygen atoms in total. The molecule has 0 bridgehead atoms. The van der Waals surface area contributed by atoms with Crippen LogP contribution in [0, 0.1) is 5.82 Å². The van der Waals surface area contributed by atoms with Gasteiger partial charge in [-0.05, 0) is 46.3 Å². The summed E-state index contributed by atoms with van der Waals surface area (Å²) in [6, 6.07) is 9.71.